The number of benzene rings is 1. The van der Waals surface area contributed by atoms with Crippen LogP contribution in [0.5, 0.6) is 0 Å². The number of fused-ring (bicyclic) bond motifs is 1. The van der Waals surface area contributed by atoms with E-state index in [4.69, 9.17) is 5.73 Å². The first-order valence-corrected chi connectivity index (χ1v) is 7.72. The van der Waals surface area contributed by atoms with E-state index >= 15 is 0 Å². The average molecular weight is 251 g/mol. The van der Waals surface area contributed by atoms with Gasteiger partial charge in [-0.15, -0.1) is 0 Å². The Morgan fingerprint density at radius 3 is 2.59 bits per heavy atom. The summed E-state index contributed by atoms with van der Waals surface area (Å²) < 4.78 is 13.6. The number of hydrogen-bond acceptors (Lipinski definition) is 4. The molecule has 5 nitrogen and oxygen atoms in total. The first-order valence-electron chi connectivity index (χ1n) is 5.11. The van der Waals surface area contributed by atoms with Crippen molar-refractivity contribution in [2.24, 2.45) is 7.05 Å². The Bertz CT molecular complexity index is 694. The predicted octanol–water partition coefficient (Wildman–Crippen LogP) is 0.764. The third kappa shape index (κ3) is 1.87. The van der Waals surface area contributed by atoms with Gasteiger partial charge in [0, 0.05) is 18.0 Å². The number of nitrogen functional groups attached to an aromatic ring is 1. The van der Waals surface area contributed by atoms with Crippen LogP contribution in [-0.4, -0.2) is 22.9 Å². The molecular formula is C11H14N3O2P. The fraction of sp³-hybridized carbons (Fsp3) is 0.273. The van der Waals surface area contributed by atoms with Gasteiger partial charge in [-0.05, 0) is 25.5 Å². The molecule has 90 valence electrons. The van der Waals surface area contributed by atoms with E-state index in [1.54, 1.807) is 32.5 Å². The van der Waals surface area contributed by atoms with Gasteiger partial charge in [0.2, 0.25) is 0 Å². The third-order valence-electron chi connectivity index (χ3n) is 2.63. The third-order valence-corrected chi connectivity index (χ3v) is 4.19. The fourth-order valence-corrected chi connectivity index (χ4v) is 3.32. The Morgan fingerprint density at radius 1 is 1.35 bits per heavy atom. The number of hydrogen-bond donors (Lipinski definition) is 1. The fourth-order valence-electron chi connectivity index (χ4n) is 1.87. The van der Waals surface area contributed by atoms with Crippen molar-refractivity contribution in [3.8, 4) is 0 Å². The molecule has 17 heavy (non-hydrogen) atoms. The van der Waals surface area contributed by atoms with Crippen molar-refractivity contribution in [3.05, 3.63) is 28.8 Å². The highest BCUT2D eigenvalue weighted by Gasteiger charge is 2.21. The zero-order valence-corrected chi connectivity index (χ0v) is 10.9. The molecule has 0 spiro atoms. The van der Waals surface area contributed by atoms with Crippen LogP contribution in [0.4, 0.5) is 5.69 Å². The zero-order valence-electron chi connectivity index (χ0n) is 9.97. The highest BCUT2D eigenvalue weighted by molar-refractivity contribution is 7.71. The topological polar surface area (TPSA) is 78.0 Å². The van der Waals surface area contributed by atoms with Gasteiger partial charge >= 0.3 is 0 Å². The molecule has 0 fully saturated rings. The van der Waals surface area contributed by atoms with E-state index in [9.17, 15) is 9.36 Å². The second-order valence-corrected chi connectivity index (χ2v) is 7.56. The highest BCUT2D eigenvalue weighted by atomic mass is 31.2. The molecule has 1 heterocycles. The Labute approximate surface area is 98.6 Å². The monoisotopic (exact) mass is 251 g/mol. The van der Waals surface area contributed by atoms with Crippen molar-refractivity contribution in [1.29, 1.82) is 0 Å². The van der Waals surface area contributed by atoms with Crippen molar-refractivity contribution >= 4 is 29.0 Å². The molecule has 6 heteroatoms. The summed E-state index contributed by atoms with van der Waals surface area (Å²) in [7, 11) is -1.02. The van der Waals surface area contributed by atoms with Crippen molar-refractivity contribution in [2.45, 2.75) is 0 Å². The molecule has 2 rings (SSSR count). The van der Waals surface area contributed by atoms with E-state index in [-0.39, 0.29) is 5.56 Å². The average Bonchev–Trinajstić information content (AvgIpc) is 2.22. The van der Waals surface area contributed by atoms with E-state index in [2.05, 4.69) is 4.98 Å². The molecule has 0 saturated heterocycles. The summed E-state index contributed by atoms with van der Waals surface area (Å²) in [5.74, 6) is 0. The lowest BCUT2D eigenvalue weighted by Crippen LogP contribution is -2.24. The van der Waals surface area contributed by atoms with E-state index in [1.165, 1.54) is 10.9 Å². The molecule has 2 aromatic rings. The van der Waals surface area contributed by atoms with Gasteiger partial charge in [-0.3, -0.25) is 4.79 Å². The predicted molar refractivity (Wildman–Crippen MR) is 70.5 cm³/mol. The summed E-state index contributed by atoms with van der Waals surface area (Å²) in [6.07, 6.45) is 1.45. The van der Waals surface area contributed by atoms with Crippen LogP contribution in [0.3, 0.4) is 0 Å². The van der Waals surface area contributed by atoms with Crippen LogP contribution in [0.2, 0.25) is 0 Å². The van der Waals surface area contributed by atoms with Crippen molar-refractivity contribution in [2.75, 3.05) is 19.1 Å². The Morgan fingerprint density at radius 2 is 2.00 bits per heavy atom. The first-order chi connectivity index (χ1) is 7.82. The van der Waals surface area contributed by atoms with E-state index in [0.717, 1.165) is 0 Å². The number of aryl methyl sites for hydroxylation is 1. The van der Waals surface area contributed by atoms with Crippen LogP contribution in [0.1, 0.15) is 0 Å². The minimum atomic E-state index is -2.63. The lowest BCUT2D eigenvalue weighted by atomic mass is 10.2. The molecule has 1 aromatic heterocycles. The molecule has 0 bridgehead atoms. The number of anilines is 1. The van der Waals surface area contributed by atoms with Crippen LogP contribution in [0.25, 0.3) is 10.9 Å². The molecule has 0 atom stereocenters. The maximum Gasteiger partial charge on any atom is 0.261 e. The normalized spacial score (nSPS) is 11.9. The Balaban J connectivity index is 3.10. The van der Waals surface area contributed by atoms with Gasteiger partial charge in [-0.25, -0.2) is 4.98 Å². The maximum absolute atomic E-state index is 12.3. The molecule has 0 saturated carbocycles. The van der Waals surface area contributed by atoms with Crippen LogP contribution in [0.15, 0.2) is 23.3 Å². The summed E-state index contributed by atoms with van der Waals surface area (Å²) in [4.78, 5) is 16.2. The van der Waals surface area contributed by atoms with Crippen LogP contribution in [0, 0.1) is 0 Å². The Hall–Kier alpha value is -1.61. The number of aromatic nitrogens is 2. The summed E-state index contributed by atoms with van der Waals surface area (Å²) in [5, 5.41) is 0.798. The molecule has 2 N–H and O–H groups in total. The van der Waals surface area contributed by atoms with Crippen molar-refractivity contribution in [3.63, 3.8) is 0 Å². The zero-order chi connectivity index (χ0) is 12.8. The Kier molecular flexibility index (Phi) is 2.59. The van der Waals surface area contributed by atoms with Gasteiger partial charge in [0.1, 0.15) is 7.14 Å². The number of nitrogens with zero attached hydrogens (tertiary/aromatic N) is 2. The smallest absolute Gasteiger partial charge is 0.261 e. The molecule has 0 radical (unpaired) electrons. The van der Waals surface area contributed by atoms with Crippen LogP contribution >= 0.6 is 7.14 Å². The van der Waals surface area contributed by atoms with Gasteiger partial charge < -0.3 is 14.9 Å². The minimum absolute atomic E-state index is 0.221. The molecule has 0 aliphatic carbocycles. The number of rotatable bonds is 1. The lowest BCUT2D eigenvalue weighted by molar-refractivity contribution is 0.588. The lowest BCUT2D eigenvalue weighted by Gasteiger charge is -2.13. The maximum atomic E-state index is 12.3. The summed E-state index contributed by atoms with van der Waals surface area (Å²) in [6, 6.07) is 3.31. The molecule has 0 unspecified atom stereocenters. The van der Waals surface area contributed by atoms with Gasteiger partial charge in [-0.2, -0.15) is 0 Å². The van der Waals surface area contributed by atoms with E-state index in [0.29, 0.717) is 21.9 Å². The SMILES string of the molecule is Cn1cnc2ccc(N)c(P(C)(C)=O)c2c1=O. The summed E-state index contributed by atoms with van der Waals surface area (Å²) in [6.45, 7) is 3.20. The molecule has 0 aliphatic rings. The van der Waals surface area contributed by atoms with Crippen molar-refractivity contribution < 1.29 is 4.57 Å². The van der Waals surface area contributed by atoms with Crippen LogP contribution in [-0.2, 0) is 11.6 Å². The molecule has 0 amide bonds. The van der Waals surface area contributed by atoms with Gasteiger partial charge in [0.05, 0.1) is 17.2 Å². The van der Waals surface area contributed by atoms with Crippen LogP contribution < -0.4 is 16.6 Å². The quantitative estimate of drug-likeness (QED) is 0.599. The molecule has 0 aliphatic heterocycles. The second-order valence-electron chi connectivity index (χ2n) is 4.41. The summed E-state index contributed by atoms with van der Waals surface area (Å²) >= 11 is 0. The molecular weight excluding hydrogens is 237 g/mol. The highest BCUT2D eigenvalue weighted by Crippen LogP contribution is 2.38. The number of nitrogens with two attached hydrogens (primary N) is 1. The minimum Gasteiger partial charge on any atom is -0.398 e. The summed E-state index contributed by atoms with van der Waals surface area (Å²) in [5.41, 5.74) is 6.54. The molecule has 1 aromatic carbocycles. The van der Waals surface area contributed by atoms with E-state index in [1.807, 2.05) is 0 Å². The standard InChI is InChI=1S/C11H14N3O2P/c1-14-6-13-8-5-4-7(12)10(17(2,3)16)9(8)11(14)15/h4-6H,12H2,1-3H3. The largest absolute Gasteiger partial charge is 0.398 e. The first kappa shape index (κ1) is 11.9. The van der Waals surface area contributed by atoms with Gasteiger partial charge in [-0.1, -0.05) is 0 Å². The second kappa shape index (κ2) is 3.70. The van der Waals surface area contributed by atoms with Gasteiger partial charge in [0.15, 0.2) is 0 Å². The van der Waals surface area contributed by atoms with Gasteiger partial charge in [0.25, 0.3) is 5.56 Å². The van der Waals surface area contributed by atoms with Crippen molar-refractivity contribution in [1.82, 2.24) is 9.55 Å². The van der Waals surface area contributed by atoms with E-state index < -0.39 is 7.14 Å².